The lowest BCUT2D eigenvalue weighted by Crippen LogP contribution is -2.24. The van der Waals surface area contributed by atoms with Crippen LogP contribution in [0.15, 0.2) is 36.4 Å². The lowest BCUT2D eigenvalue weighted by atomic mass is 9.97. The highest BCUT2D eigenvalue weighted by Crippen LogP contribution is 2.33. The van der Waals surface area contributed by atoms with Gasteiger partial charge in [-0.05, 0) is 71.3 Å². The fraction of sp³-hybridized carbons (Fsp3) is 0.294. The molecule has 1 nitrogen and oxygen atoms in total. The molecule has 2 aromatic rings. The number of rotatable bonds is 5. The molecule has 0 saturated carbocycles. The van der Waals surface area contributed by atoms with E-state index < -0.39 is 0 Å². The Bertz CT molecular complexity index is 628. The molecule has 1 atom stereocenters. The van der Waals surface area contributed by atoms with E-state index in [0.29, 0.717) is 10.0 Å². The van der Waals surface area contributed by atoms with E-state index in [9.17, 15) is 0 Å². The van der Waals surface area contributed by atoms with Gasteiger partial charge in [0.25, 0.3) is 0 Å². The maximum atomic E-state index is 6.42. The first-order valence-electron chi connectivity index (χ1n) is 6.98. The molecule has 0 aliphatic heterocycles. The zero-order valence-electron chi connectivity index (χ0n) is 12.1. The molecule has 0 aliphatic rings. The van der Waals surface area contributed by atoms with Gasteiger partial charge in [-0.15, -0.1) is 0 Å². The van der Waals surface area contributed by atoms with Gasteiger partial charge in [-0.3, -0.25) is 0 Å². The highest BCUT2D eigenvalue weighted by atomic mass is 127. The number of aryl methyl sites for hydroxylation is 1. The molecule has 4 heteroatoms. The van der Waals surface area contributed by atoms with Gasteiger partial charge >= 0.3 is 0 Å². The highest BCUT2D eigenvalue weighted by Gasteiger charge is 2.19. The summed E-state index contributed by atoms with van der Waals surface area (Å²) in [7, 11) is 0. The number of benzene rings is 2. The van der Waals surface area contributed by atoms with E-state index in [1.54, 1.807) is 0 Å². The molecule has 21 heavy (non-hydrogen) atoms. The summed E-state index contributed by atoms with van der Waals surface area (Å²) in [5, 5.41) is 4.96. The average Bonchev–Trinajstić information content (AvgIpc) is 2.45. The van der Waals surface area contributed by atoms with Crippen LogP contribution in [0, 0.1) is 10.5 Å². The first kappa shape index (κ1) is 17.1. The van der Waals surface area contributed by atoms with Gasteiger partial charge in [0.2, 0.25) is 0 Å². The zero-order chi connectivity index (χ0) is 15.4. The molecule has 2 rings (SSSR count). The zero-order valence-corrected chi connectivity index (χ0v) is 15.8. The third kappa shape index (κ3) is 4.13. The second kappa shape index (κ2) is 7.82. The van der Waals surface area contributed by atoms with E-state index in [0.717, 1.165) is 18.5 Å². The largest absolute Gasteiger partial charge is 0.306 e. The first-order valence-corrected chi connectivity index (χ1v) is 8.81. The van der Waals surface area contributed by atoms with Crippen molar-refractivity contribution in [2.24, 2.45) is 0 Å². The predicted octanol–water partition coefficient (Wildman–Crippen LogP) is 6.00. The van der Waals surface area contributed by atoms with Gasteiger partial charge in [0, 0.05) is 13.6 Å². The van der Waals surface area contributed by atoms with Gasteiger partial charge in [-0.2, -0.15) is 0 Å². The molecule has 1 N–H and O–H groups in total. The fourth-order valence-corrected chi connectivity index (χ4v) is 3.49. The Hall–Kier alpha value is -0.290. The smallest absolute Gasteiger partial charge is 0.0602 e. The number of nitrogens with one attached hydrogen (secondary N) is 1. The normalized spacial score (nSPS) is 12.4. The Morgan fingerprint density at radius 2 is 1.90 bits per heavy atom. The molecule has 0 heterocycles. The summed E-state index contributed by atoms with van der Waals surface area (Å²) in [6.07, 6.45) is 1.07. The minimum Gasteiger partial charge on any atom is -0.306 e. The Morgan fingerprint density at radius 3 is 2.57 bits per heavy atom. The van der Waals surface area contributed by atoms with Crippen LogP contribution in [0.25, 0.3) is 0 Å². The number of hydrogen-bond donors (Lipinski definition) is 1. The van der Waals surface area contributed by atoms with Gasteiger partial charge in [0.05, 0.1) is 6.04 Å². The summed E-state index contributed by atoms with van der Waals surface area (Å²) in [6.45, 7) is 5.23. The summed E-state index contributed by atoms with van der Waals surface area (Å²) in [5.74, 6) is 0. The van der Waals surface area contributed by atoms with Gasteiger partial charge in [0.1, 0.15) is 0 Å². The van der Waals surface area contributed by atoms with E-state index in [2.05, 4.69) is 60.0 Å². The molecular weight excluding hydrogens is 416 g/mol. The molecule has 0 amide bonds. The minimum absolute atomic E-state index is 0.0847. The van der Waals surface area contributed by atoms with Gasteiger partial charge in [-0.1, -0.05) is 54.4 Å². The topological polar surface area (TPSA) is 12.0 Å². The van der Waals surface area contributed by atoms with Crippen LogP contribution in [0.1, 0.15) is 36.1 Å². The Morgan fingerprint density at radius 1 is 1.14 bits per heavy atom. The van der Waals surface area contributed by atoms with Crippen molar-refractivity contribution in [3.63, 3.8) is 0 Å². The third-order valence-corrected chi connectivity index (χ3v) is 5.44. The monoisotopic (exact) mass is 433 g/mol. The van der Waals surface area contributed by atoms with Crippen molar-refractivity contribution >= 4 is 45.8 Å². The molecule has 1 unspecified atom stereocenters. The summed E-state index contributed by atoms with van der Waals surface area (Å²) in [5.41, 5.74) is 3.60. The Balaban J connectivity index is 2.49. The minimum atomic E-state index is 0.0847. The van der Waals surface area contributed by atoms with Crippen molar-refractivity contribution in [2.75, 3.05) is 6.54 Å². The molecular formula is C17H18Cl2IN. The van der Waals surface area contributed by atoms with Crippen molar-refractivity contribution in [1.29, 1.82) is 0 Å². The summed E-state index contributed by atoms with van der Waals surface area (Å²) < 4.78 is 1.27. The van der Waals surface area contributed by atoms with Crippen LogP contribution in [-0.4, -0.2) is 6.54 Å². The van der Waals surface area contributed by atoms with Crippen LogP contribution in [0.3, 0.4) is 0 Å². The Kier molecular flexibility index (Phi) is 6.35. The number of hydrogen-bond acceptors (Lipinski definition) is 1. The highest BCUT2D eigenvalue weighted by molar-refractivity contribution is 14.1. The molecule has 0 fully saturated rings. The van der Waals surface area contributed by atoms with Gasteiger partial charge in [-0.25, -0.2) is 0 Å². The van der Waals surface area contributed by atoms with Gasteiger partial charge in [0.15, 0.2) is 0 Å². The van der Waals surface area contributed by atoms with Crippen LogP contribution in [0.2, 0.25) is 10.0 Å². The molecule has 112 valence electrons. The van der Waals surface area contributed by atoms with Crippen molar-refractivity contribution in [2.45, 2.75) is 26.3 Å². The average molecular weight is 434 g/mol. The van der Waals surface area contributed by atoms with Crippen LogP contribution in [-0.2, 0) is 0 Å². The first-order chi connectivity index (χ1) is 10.0. The van der Waals surface area contributed by atoms with Crippen molar-refractivity contribution in [1.82, 2.24) is 5.32 Å². The predicted molar refractivity (Wildman–Crippen MR) is 100 cm³/mol. The van der Waals surface area contributed by atoms with E-state index in [1.807, 2.05) is 18.2 Å². The maximum Gasteiger partial charge on any atom is 0.0602 e. The van der Waals surface area contributed by atoms with Crippen LogP contribution in [0.4, 0.5) is 0 Å². The molecule has 0 saturated heterocycles. The summed E-state index contributed by atoms with van der Waals surface area (Å²) in [6, 6.07) is 12.2. The summed E-state index contributed by atoms with van der Waals surface area (Å²) >= 11 is 14.8. The molecule has 0 bridgehead atoms. The van der Waals surface area contributed by atoms with Crippen LogP contribution >= 0.6 is 45.8 Å². The standard InChI is InChI=1S/C17H18Cl2IN/c1-3-9-21-17(13-8-7-12(18)10-15(13)19)14-6-4-5-11(2)16(14)20/h4-8,10,17,21H,3,9H2,1-2H3. The van der Waals surface area contributed by atoms with E-state index in [-0.39, 0.29) is 6.04 Å². The molecule has 0 spiro atoms. The maximum absolute atomic E-state index is 6.42. The lowest BCUT2D eigenvalue weighted by Gasteiger charge is -2.23. The second-order valence-electron chi connectivity index (χ2n) is 5.03. The third-order valence-electron chi connectivity index (χ3n) is 3.40. The van der Waals surface area contributed by atoms with Crippen molar-refractivity contribution in [3.05, 3.63) is 66.7 Å². The fourth-order valence-electron chi connectivity index (χ4n) is 2.30. The van der Waals surface area contributed by atoms with Gasteiger partial charge < -0.3 is 5.32 Å². The molecule has 0 radical (unpaired) electrons. The lowest BCUT2D eigenvalue weighted by molar-refractivity contribution is 0.596. The SMILES string of the molecule is CCCNC(c1ccc(Cl)cc1Cl)c1cccc(C)c1I. The number of halogens is 3. The van der Waals surface area contributed by atoms with E-state index >= 15 is 0 Å². The van der Waals surface area contributed by atoms with E-state index in [1.165, 1.54) is 14.7 Å². The van der Waals surface area contributed by atoms with E-state index in [4.69, 9.17) is 23.2 Å². The van der Waals surface area contributed by atoms with Crippen molar-refractivity contribution in [3.8, 4) is 0 Å². The summed E-state index contributed by atoms with van der Waals surface area (Å²) in [4.78, 5) is 0. The molecule has 2 aromatic carbocycles. The Labute approximate surface area is 150 Å². The molecule has 0 aromatic heterocycles. The van der Waals surface area contributed by atoms with Crippen LogP contribution in [0.5, 0.6) is 0 Å². The second-order valence-corrected chi connectivity index (χ2v) is 6.95. The molecule has 0 aliphatic carbocycles. The van der Waals surface area contributed by atoms with Crippen LogP contribution < -0.4 is 5.32 Å². The quantitative estimate of drug-likeness (QED) is 0.570. The van der Waals surface area contributed by atoms with Crippen molar-refractivity contribution < 1.29 is 0 Å².